The van der Waals surface area contributed by atoms with Gasteiger partial charge in [0.15, 0.2) is 0 Å². The molecule has 1 rings (SSSR count). The van der Waals surface area contributed by atoms with Gasteiger partial charge in [0.1, 0.15) is 18.5 Å². The maximum atomic E-state index is 12.6. The van der Waals surface area contributed by atoms with Gasteiger partial charge in [-0.1, -0.05) is 0 Å². The lowest BCUT2D eigenvalue weighted by molar-refractivity contribution is 0.0181. The van der Waals surface area contributed by atoms with Crippen molar-refractivity contribution in [3.63, 3.8) is 0 Å². The summed E-state index contributed by atoms with van der Waals surface area (Å²) in [4.78, 5) is 0. The highest BCUT2D eigenvalue weighted by atomic mass is 19.2. The Morgan fingerprint density at radius 3 is 1.82 bits per heavy atom. The SMILES string of the molecule is FCC1C(F)CC(F)CC1F. The Labute approximate surface area is 62.6 Å². The Bertz CT molecular complexity index is 116. The van der Waals surface area contributed by atoms with E-state index in [0.717, 1.165) is 0 Å². The first-order valence-corrected chi connectivity index (χ1v) is 3.63. The van der Waals surface area contributed by atoms with Gasteiger partial charge < -0.3 is 0 Å². The van der Waals surface area contributed by atoms with Gasteiger partial charge in [0.05, 0.1) is 12.6 Å². The van der Waals surface area contributed by atoms with E-state index in [1.807, 2.05) is 0 Å². The minimum atomic E-state index is -1.65. The Morgan fingerprint density at radius 2 is 1.45 bits per heavy atom. The molecule has 0 aromatic carbocycles. The van der Waals surface area contributed by atoms with Gasteiger partial charge >= 0.3 is 0 Å². The van der Waals surface area contributed by atoms with E-state index >= 15 is 0 Å². The molecule has 0 radical (unpaired) electrons. The minimum absolute atomic E-state index is 0.352. The smallest absolute Gasteiger partial charge is 0.111 e. The second-order valence-corrected chi connectivity index (χ2v) is 2.92. The number of hydrogen-bond donors (Lipinski definition) is 0. The molecule has 66 valence electrons. The van der Waals surface area contributed by atoms with Gasteiger partial charge in [0, 0.05) is 12.8 Å². The molecule has 0 aliphatic heterocycles. The zero-order valence-electron chi connectivity index (χ0n) is 5.94. The highest BCUT2D eigenvalue weighted by Gasteiger charge is 2.38. The van der Waals surface area contributed by atoms with Crippen LogP contribution in [0.4, 0.5) is 17.6 Å². The fraction of sp³-hybridized carbons (Fsp3) is 1.00. The van der Waals surface area contributed by atoms with Crippen LogP contribution < -0.4 is 0 Å². The van der Waals surface area contributed by atoms with E-state index in [1.54, 1.807) is 0 Å². The molecule has 0 bridgehead atoms. The number of alkyl halides is 4. The molecule has 2 unspecified atom stereocenters. The summed E-state index contributed by atoms with van der Waals surface area (Å²) < 4.78 is 49.6. The van der Waals surface area contributed by atoms with Crippen LogP contribution in [0.5, 0.6) is 0 Å². The van der Waals surface area contributed by atoms with Crippen molar-refractivity contribution >= 4 is 0 Å². The monoisotopic (exact) mass is 170 g/mol. The van der Waals surface area contributed by atoms with Gasteiger partial charge in [-0.25, -0.2) is 13.2 Å². The predicted octanol–water partition coefficient (Wildman–Crippen LogP) is 2.38. The normalized spacial score (nSPS) is 45.8. The number of halogens is 4. The van der Waals surface area contributed by atoms with Crippen LogP contribution in [0.1, 0.15) is 12.8 Å². The molecule has 1 aliphatic carbocycles. The van der Waals surface area contributed by atoms with Crippen molar-refractivity contribution in [2.45, 2.75) is 31.4 Å². The third kappa shape index (κ3) is 1.84. The lowest BCUT2D eigenvalue weighted by Gasteiger charge is -2.29. The molecular formula is C7H10F4. The number of rotatable bonds is 1. The molecule has 11 heavy (non-hydrogen) atoms. The zero-order chi connectivity index (χ0) is 8.43. The fourth-order valence-electron chi connectivity index (χ4n) is 1.35. The predicted molar refractivity (Wildman–Crippen MR) is 33.4 cm³/mol. The van der Waals surface area contributed by atoms with Gasteiger partial charge in [0.2, 0.25) is 0 Å². The fourth-order valence-corrected chi connectivity index (χ4v) is 1.35. The first-order valence-electron chi connectivity index (χ1n) is 3.63. The molecule has 1 aliphatic rings. The highest BCUT2D eigenvalue weighted by Crippen LogP contribution is 2.31. The summed E-state index contributed by atoms with van der Waals surface area (Å²) in [7, 11) is 0. The topological polar surface area (TPSA) is 0 Å². The van der Waals surface area contributed by atoms with E-state index in [2.05, 4.69) is 0 Å². The Balaban J connectivity index is 2.52. The van der Waals surface area contributed by atoms with Gasteiger partial charge in [-0.15, -0.1) is 0 Å². The standard InChI is InChI=1S/C7H10F4/c8-3-5-6(10)1-4(9)2-7(5)11/h4-7H,1-3H2. The molecule has 1 fully saturated rings. The van der Waals surface area contributed by atoms with Crippen LogP contribution in [0, 0.1) is 5.92 Å². The van der Waals surface area contributed by atoms with Gasteiger partial charge in [-0.05, 0) is 0 Å². The largest absolute Gasteiger partial charge is 0.251 e. The van der Waals surface area contributed by atoms with Crippen molar-refractivity contribution in [2.24, 2.45) is 5.92 Å². The second-order valence-electron chi connectivity index (χ2n) is 2.92. The highest BCUT2D eigenvalue weighted by molar-refractivity contribution is 4.86. The van der Waals surface area contributed by atoms with Crippen molar-refractivity contribution < 1.29 is 17.6 Å². The second kappa shape index (κ2) is 3.41. The average Bonchev–Trinajstić information content (AvgIpc) is 1.85. The maximum Gasteiger partial charge on any atom is 0.111 e. The maximum absolute atomic E-state index is 12.6. The minimum Gasteiger partial charge on any atom is -0.251 e. The van der Waals surface area contributed by atoms with E-state index in [0.29, 0.717) is 0 Å². The molecule has 0 N–H and O–H groups in total. The molecule has 1 saturated carbocycles. The summed E-state index contributed by atoms with van der Waals surface area (Å²) in [5, 5.41) is 0. The first-order chi connectivity index (χ1) is 5.15. The van der Waals surface area contributed by atoms with Crippen LogP contribution in [-0.4, -0.2) is 25.2 Å². The van der Waals surface area contributed by atoms with Gasteiger partial charge in [-0.2, -0.15) is 0 Å². The lowest BCUT2D eigenvalue weighted by Crippen LogP contribution is -2.37. The number of hydrogen-bond acceptors (Lipinski definition) is 0. The molecule has 0 nitrogen and oxygen atoms in total. The van der Waals surface area contributed by atoms with Crippen molar-refractivity contribution in [1.29, 1.82) is 0 Å². The van der Waals surface area contributed by atoms with E-state index in [1.165, 1.54) is 0 Å². The Morgan fingerprint density at radius 1 is 1.00 bits per heavy atom. The van der Waals surface area contributed by atoms with Crippen molar-refractivity contribution in [1.82, 2.24) is 0 Å². The van der Waals surface area contributed by atoms with Crippen LogP contribution in [0.3, 0.4) is 0 Å². The van der Waals surface area contributed by atoms with E-state index in [4.69, 9.17) is 0 Å². The summed E-state index contributed by atoms with van der Waals surface area (Å²) in [5.41, 5.74) is 0. The Kier molecular flexibility index (Phi) is 2.73. The van der Waals surface area contributed by atoms with Crippen LogP contribution in [0.25, 0.3) is 0 Å². The van der Waals surface area contributed by atoms with E-state index in [-0.39, 0.29) is 12.8 Å². The van der Waals surface area contributed by atoms with Crippen molar-refractivity contribution in [3.8, 4) is 0 Å². The van der Waals surface area contributed by atoms with Crippen LogP contribution in [0.2, 0.25) is 0 Å². The van der Waals surface area contributed by atoms with Crippen molar-refractivity contribution in [3.05, 3.63) is 0 Å². The summed E-state index contributed by atoms with van der Waals surface area (Å²) in [5.74, 6) is -1.23. The molecular weight excluding hydrogens is 160 g/mol. The van der Waals surface area contributed by atoms with E-state index < -0.39 is 31.1 Å². The molecule has 0 heterocycles. The first kappa shape index (κ1) is 8.81. The third-order valence-electron chi connectivity index (χ3n) is 2.07. The molecule has 2 atom stereocenters. The van der Waals surface area contributed by atoms with Crippen molar-refractivity contribution in [2.75, 3.05) is 6.67 Å². The van der Waals surface area contributed by atoms with Crippen LogP contribution in [0.15, 0.2) is 0 Å². The molecule has 0 aromatic heterocycles. The summed E-state index contributed by atoms with van der Waals surface area (Å²) in [6, 6.07) is 0. The van der Waals surface area contributed by atoms with Gasteiger partial charge in [-0.3, -0.25) is 4.39 Å². The molecule has 4 heteroatoms. The molecule has 0 aromatic rings. The summed E-state index contributed by atoms with van der Waals surface area (Å²) in [6.45, 7) is -1.03. The van der Waals surface area contributed by atoms with Gasteiger partial charge in [0.25, 0.3) is 0 Å². The van der Waals surface area contributed by atoms with Crippen LogP contribution >= 0.6 is 0 Å². The van der Waals surface area contributed by atoms with Crippen LogP contribution in [-0.2, 0) is 0 Å². The summed E-state index contributed by atoms with van der Waals surface area (Å²) in [6.07, 6.45) is -5.45. The average molecular weight is 170 g/mol. The molecule has 0 amide bonds. The lowest BCUT2D eigenvalue weighted by atomic mass is 9.86. The third-order valence-corrected chi connectivity index (χ3v) is 2.07. The Hall–Kier alpha value is -0.280. The zero-order valence-corrected chi connectivity index (χ0v) is 5.94. The van der Waals surface area contributed by atoms with E-state index in [9.17, 15) is 17.6 Å². The molecule has 0 saturated heterocycles. The molecule has 0 spiro atoms. The summed E-state index contributed by atoms with van der Waals surface area (Å²) >= 11 is 0. The quantitative estimate of drug-likeness (QED) is 0.530.